The van der Waals surface area contributed by atoms with Crippen LogP contribution in [0.1, 0.15) is 16.2 Å². The van der Waals surface area contributed by atoms with Crippen molar-refractivity contribution in [2.45, 2.75) is 6.61 Å². The van der Waals surface area contributed by atoms with Gasteiger partial charge in [-0.05, 0) is 24.3 Å². The van der Waals surface area contributed by atoms with Gasteiger partial charge in [0.25, 0.3) is 5.89 Å². The summed E-state index contributed by atoms with van der Waals surface area (Å²) in [4.78, 5) is 19.9. The Kier molecular flexibility index (Phi) is 4.55. The third kappa shape index (κ3) is 3.49. The van der Waals surface area contributed by atoms with Crippen LogP contribution in [0, 0.1) is 0 Å². The summed E-state index contributed by atoms with van der Waals surface area (Å²) in [6, 6.07) is 10.2. The summed E-state index contributed by atoms with van der Waals surface area (Å²) < 4.78 is 10.2. The highest BCUT2D eigenvalue weighted by Crippen LogP contribution is 2.26. The molecule has 0 radical (unpaired) electrons. The maximum absolute atomic E-state index is 11.9. The number of halogens is 2. The molecule has 23 heavy (non-hydrogen) atoms. The number of benzene rings is 1. The lowest BCUT2D eigenvalue weighted by atomic mass is 10.2. The van der Waals surface area contributed by atoms with Crippen LogP contribution in [-0.2, 0) is 11.3 Å². The van der Waals surface area contributed by atoms with Crippen LogP contribution in [0.2, 0.25) is 10.2 Å². The largest absolute Gasteiger partial charge is 0.454 e. The second-order valence-corrected chi connectivity index (χ2v) is 5.18. The topological polar surface area (TPSA) is 78.1 Å². The van der Waals surface area contributed by atoms with E-state index in [1.807, 2.05) is 0 Å². The zero-order valence-corrected chi connectivity index (χ0v) is 13.1. The molecule has 0 saturated carbocycles. The van der Waals surface area contributed by atoms with Gasteiger partial charge in [-0.1, -0.05) is 40.5 Å². The Hall–Kier alpha value is -2.44. The zero-order valence-electron chi connectivity index (χ0n) is 11.6. The Morgan fingerprint density at radius 1 is 1.17 bits per heavy atom. The molecule has 3 aromatic rings. The van der Waals surface area contributed by atoms with E-state index in [1.165, 1.54) is 12.3 Å². The second-order valence-electron chi connectivity index (χ2n) is 4.41. The first kappa shape index (κ1) is 15.5. The van der Waals surface area contributed by atoms with Crippen molar-refractivity contribution in [3.8, 4) is 11.5 Å². The number of aromatic nitrogens is 3. The maximum Gasteiger partial charge on any atom is 0.341 e. The number of carbonyl (C=O) groups excluding carboxylic acids is 1. The monoisotopic (exact) mass is 349 g/mol. The minimum absolute atomic E-state index is 0.0716. The van der Waals surface area contributed by atoms with Crippen LogP contribution in [0.3, 0.4) is 0 Å². The van der Waals surface area contributed by atoms with Gasteiger partial charge in [-0.25, -0.2) is 9.78 Å². The molecule has 3 rings (SSSR count). The second kappa shape index (κ2) is 6.76. The summed E-state index contributed by atoms with van der Waals surface area (Å²) in [6.45, 7) is -0.155. The first-order valence-corrected chi connectivity index (χ1v) is 7.26. The first-order valence-electron chi connectivity index (χ1n) is 6.50. The molecule has 0 aliphatic heterocycles. The van der Waals surface area contributed by atoms with Gasteiger partial charge in [-0.15, -0.1) is 0 Å². The molecule has 0 saturated heterocycles. The van der Waals surface area contributed by atoms with Crippen molar-refractivity contribution < 1.29 is 14.1 Å². The normalized spacial score (nSPS) is 10.5. The Morgan fingerprint density at radius 2 is 2.00 bits per heavy atom. The molecule has 1 aromatic carbocycles. The Balaban J connectivity index is 1.70. The SMILES string of the molecule is O=C(OCc1noc(-c2ccccc2Cl)n1)c1cccnc1Cl. The van der Waals surface area contributed by atoms with E-state index in [-0.39, 0.29) is 29.0 Å². The number of nitrogens with zero attached hydrogens (tertiary/aromatic N) is 3. The Bertz CT molecular complexity index is 851. The van der Waals surface area contributed by atoms with E-state index >= 15 is 0 Å². The van der Waals surface area contributed by atoms with Crippen LogP contribution in [0.5, 0.6) is 0 Å². The average molecular weight is 350 g/mol. The molecule has 0 spiro atoms. The van der Waals surface area contributed by atoms with E-state index in [9.17, 15) is 4.79 Å². The third-order valence-corrected chi connectivity index (χ3v) is 3.51. The summed E-state index contributed by atoms with van der Waals surface area (Å²) in [7, 11) is 0. The first-order chi connectivity index (χ1) is 11.1. The number of esters is 1. The number of rotatable bonds is 4. The van der Waals surface area contributed by atoms with E-state index in [1.54, 1.807) is 30.3 Å². The predicted molar refractivity (Wildman–Crippen MR) is 83.1 cm³/mol. The van der Waals surface area contributed by atoms with Crippen molar-refractivity contribution in [1.29, 1.82) is 0 Å². The molecule has 8 heteroatoms. The summed E-state index contributed by atoms with van der Waals surface area (Å²) in [5.41, 5.74) is 0.776. The van der Waals surface area contributed by atoms with Gasteiger partial charge in [0.05, 0.1) is 16.1 Å². The molecule has 0 fully saturated rings. The molecule has 2 aromatic heterocycles. The van der Waals surface area contributed by atoms with Gasteiger partial charge in [0, 0.05) is 6.20 Å². The van der Waals surface area contributed by atoms with E-state index in [0.717, 1.165) is 0 Å². The maximum atomic E-state index is 11.9. The lowest BCUT2D eigenvalue weighted by Crippen LogP contribution is -2.07. The third-order valence-electron chi connectivity index (χ3n) is 2.88. The molecule has 0 aliphatic carbocycles. The molecular formula is C15H9Cl2N3O3. The number of ether oxygens (including phenoxy) is 1. The molecule has 0 bridgehead atoms. The van der Waals surface area contributed by atoms with Gasteiger partial charge in [-0.3, -0.25) is 0 Å². The molecular weight excluding hydrogens is 341 g/mol. The predicted octanol–water partition coefficient (Wildman–Crippen LogP) is 3.80. The highest BCUT2D eigenvalue weighted by atomic mass is 35.5. The number of hydrogen-bond acceptors (Lipinski definition) is 6. The van der Waals surface area contributed by atoms with Crippen molar-refractivity contribution >= 4 is 29.2 Å². The minimum Gasteiger partial charge on any atom is -0.454 e. The van der Waals surface area contributed by atoms with Gasteiger partial charge in [0.2, 0.25) is 5.82 Å². The highest BCUT2D eigenvalue weighted by molar-refractivity contribution is 6.33. The van der Waals surface area contributed by atoms with E-state index in [0.29, 0.717) is 10.6 Å². The molecule has 6 nitrogen and oxygen atoms in total. The zero-order chi connectivity index (χ0) is 16.2. The highest BCUT2D eigenvalue weighted by Gasteiger charge is 2.16. The fraction of sp³-hybridized carbons (Fsp3) is 0.0667. The van der Waals surface area contributed by atoms with Gasteiger partial charge < -0.3 is 9.26 Å². The fourth-order valence-corrected chi connectivity index (χ4v) is 2.22. The van der Waals surface area contributed by atoms with E-state index in [4.69, 9.17) is 32.5 Å². The minimum atomic E-state index is -0.618. The summed E-state index contributed by atoms with van der Waals surface area (Å²) >= 11 is 11.9. The molecule has 0 atom stereocenters. The Morgan fingerprint density at radius 3 is 2.78 bits per heavy atom. The van der Waals surface area contributed by atoms with Crippen LogP contribution < -0.4 is 0 Å². The van der Waals surface area contributed by atoms with Crippen molar-refractivity contribution in [2.75, 3.05) is 0 Å². The fourth-order valence-electron chi connectivity index (χ4n) is 1.80. The molecule has 0 N–H and O–H groups in total. The van der Waals surface area contributed by atoms with Crippen molar-refractivity contribution in [1.82, 2.24) is 15.1 Å². The molecule has 116 valence electrons. The van der Waals surface area contributed by atoms with Crippen LogP contribution in [0.4, 0.5) is 0 Å². The van der Waals surface area contributed by atoms with Crippen LogP contribution >= 0.6 is 23.2 Å². The standard InChI is InChI=1S/C15H9Cl2N3O3/c16-11-6-2-1-4-9(11)14-19-12(20-23-14)8-22-15(21)10-5-3-7-18-13(10)17/h1-7H,8H2. The average Bonchev–Trinajstić information content (AvgIpc) is 3.02. The molecule has 0 unspecified atom stereocenters. The van der Waals surface area contributed by atoms with Gasteiger partial charge in [0.15, 0.2) is 6.61 Å². The number of carbonyl (C=O) groups is 1. The van der Waals surface area contributed by atoms with Gasteiger partial charge in [0.1, 0.15) is 5.15 Å². The smallest absolute Gasteiger partial charge is 0.341 e. The lowest BCUT2D eigenvalue weighted by molar-refractivity contribution is 0.0459. The molecule has 0 aliphatic rings. The summed E-state index contributed by atoms with van der Waals surface area (Å²) in [5.74, 6) is -0.151. The van der Waals surface area contributed by atoms with Gasteiger partial charge >= 0.3 is 5.97 Å². The summed E-state index contributed by atoms with van der Waals surface area (Å²) in [6.07, 6.45) is 1.48. The van der Waals surface area contributed by atoms with Crippen molar-refractivity contribution in [2.24, 2.45) is 0 Å². The number of pyridine rings is 1. The lowest BCUT2D eigenvalue weighted by Gasteiger charge is -2.02. The van der Waals surface area contributed by atoms with Gasteiger partial charge in [-0.2, -0.15) is 4.98 Å². The van der Waals surface area contributed by atoms with Crippen molar-refractivity contribution in [3.05, 3.63) is 64.2 Å². The van der Waals surface area contributed by atoms with Crippen LogP contribution in [0.25, 0.3) is 11.5 Å². The van der Waals surface area contributed by atoms with Crippen LogP contribution in [0.15, 0.2) is 47.1 Å². The van der Waals surface area contributed by atoms with E-state index < -0.39 is 5.97 Å². The summed E-state index contributed by atoms with van der Waals surface area (Å²) in [5, 5.41) is 4.31. The van der Waals surface area contributed by atoms with Crippen LogP contribution in [-0.4, -0.2) is 21.1 Å². The Labute approximate surface area is 141 Å². The molecule has 0 amide bonds. The number of hydrogen-bond donors (Lipinski definition) is 0. The van der Waals surface area contributed by atoms with Crippen molar-refractivity contribution in [3.63, 3.8) is 0 Å². The molecule has 2 heterocycles. The quantitative estimate of drug-likeness (QED) is 0.526. The van der Waals surface area contributed by atoms with E-state index in [2.05, 4.69) is 15.1 Å².